The van der Waals surface area contributed by atoms with Crippen molar-refractivity contribution in [3.63, 3.8) is 0 Å². The molecule has 2 rings (SSSR count). The van der Waals surface area contributed by atoms with Crippen molar-refractivity contribution < 1.29 is 4.52 Å². The van der Waals surface area contributed by atoms with Gasteiger partial charge in [0.15, 0.2) is 5.82 Å². The third-order valence-electron chi connectivity index (χ3n) is 2.12. The summed E-state index contributed by atoms with van der Waals surface area (Å²) in [7, 11) is 0. The van der Waals surface area contributed by atoms with Crippen LogP contribution in [0.15, 0.2) is 10.7 Å². The van der Waals surface area contributed by atoms with E-state index in [4.69, 9.17) is 10.3 Å². The molecule has 2 aromatic heterocycles. The van der Waals surface area contributed by atoms with Crippen LogP contribution in [-0.4, -0.2) is 20.3 Å². The van der Waals surface area contributed by atoms with E-state index in [2.05, 4.69) is 27.3 Å². The fraction of sp³-hybridized carbons (Fsp3) is 0.444. The number of aromatic amines is 1. The van der Waals surface area contributed by atoms with E-state index in [1.165, 1.54) is 0 Å². The van der Waals surface area contributed by atoms with Crippen LogP contribution in [0.2, 0.25) is 0 Å². The maximum Gasteiger partial charge on any atom is 0.263 e. The first-order valence-electron chi connectivity index (χ1n) is 4.93. The van der Waals surface area contributed by atoms with E-state index >= 15 is 0 Å². The van der Waals surface area contributed by atoms with Crippen molar-refractivity contribution in [1.82, 2.24) is 20.3 Å². The van der Waals surface area contributed by atoms with Gasteiger partial charge in [-0.15, -0.1) is 0 Å². The minimum atomic E-state index is 0.423. The fourth-order valence-corrected chi connectivity index (χ4v) is 1.27. The molecular weight excluding hydrogens is 194 g/mol. The second-order valence-electron chi connectivity index (χ2n) is 3.32. The van der Waals surface area contributed by atoms with Crippen molar-refractivity contribution in [2.24, 2.45) is 0 Å². The van der Waals surface area contributed by atoms with Crippen LogP contribution in [0.5, 0.6) is 0 Å². The molecule has 0 bridgehead atoms. The molecule has 6 heteroatoms. The molecule has 15 heavy (non-hydrogen) atoms. The molecule has 0 unspecified atom stereocenters. The topological polar surface area (TPSA) is 93.6 Å². The summed E-state index contributed by atoms with van der Waals surface area (Å²) in [5.74, 6) is 1.58. The number of hydrogen-bond acceptors (Lipinski definition) is 5. The van der Waals surface area contributed by atoms with E-state index in [1.807, 2.05) is 0 Å². The molecule has 3 N–H and O–H groups in total. The third-order valence-corrected chi connectivity index (χ3v) is 2.12. The van der Waals surface area contributed by atoms with Crippen molar-refractivity contribution >= 4 is 5.82 Å². The molecule has 0 aromatic carbocycles. The molecule has 0 aliphatic carbocycles. The first-order valence-corrected chi connectivity index (χ1v) is 4.93. The highest BCUT2D eigenvalue weighted by Crippen LogP contribution is 2.21. The Hall–Kier alpha value is -1.85. The van der Waals surface area contributed by atoms with E-state index < -0.39 is 0 Å². The van der Waals surface area contributed by atoms with Crippen LogP contribution in [0, 0.1) is 0 Å². The number of aromatic nitrogens is 4. The maximum atomic E-state index is 5.64. The third kappa shape index (κ3) is 1.98. The number of hydrogen-bond donors (Lipinski definition) is 2. The lowest BCUT2D eigenvalue weighted by Crippen LogP contribution is -1.89. The summed E-state index contributed by atoms with van der Waals surface area (Å²) in [6, 6.07) is 0. The zero-order valence-electron chi connectivity index (χ0n) is 8.53. The van der Waals surface area contributed by atoms with Crippen molar-refractivity contribution in [2.75, 3.05) is 5.73 Å². The summed E-state index contributed by atoms with van der Waals surface area (Å²) in [4.78, 5) is 4.23. The van der Waals surface area contributed by atoms with Gasteiger partial charge in [-0.2, -0.15) is 10.1 Å². The fourth-order valence-electron chi connectivity index (χ4n) is 1.27. The van der Waals surface area contributed by atoms with Crippen molar-refractivity contribution in [1.29, 1.82) is 0 Å². The van der Waals surface area contributed by atoms with Gasteiger partial charge >= 0.3 is 0 Å². The molecule has 0 saturated heterocycles. The Bertz CT molecular complexity index is 433. The molecule has 0 atom stereocenters. The Labute approximate surface area is 86.9 Å². The zero-order chi connectivity index (χ0) is 10.7. The summed E-state index contributed by atoms with van der Waals surface area (Å²) in [5, 5.41) is 10.3. The molecule has 80 valence electrons. The zero-order valence-corrected chi connectivity index (χ0v) is 8.53. The normalized spacial score (nSPS) is 10.7. The van der Waals surface area contributed by atoms with Gasteiger partial charge in [-0.25, -0.2) is 0 Å². The highest BCUT2D eigenvalue weighted by Gasteiger charge is 2.12. The standard InChI is InChI=1S/C9H13N5O/c1-2-3-4-7-12-9(15-14-7)6-5-11-13-8(6)10/h5H,2-4H2,1H3,(H3,10,11,13). The van der Waals surface area contributed by atoms with Crippen LogP contribution in [-0.2, 0) is 6.42 Å². The second kappa shape index (κ2) is 4.12. The summed E-state index contributed by atoms with van der Waals surface area (Å²) >= 11 is 0. The number of aryl methyl sites for hydroxylation is 1. The molecule has 2 aromatic rings. The smallest absolute Gasteiger partial charge is 0.263 e. The van der Waals surface area contributed by atoms with Gasteiger partial charge in [0.05, 0.1) is 6.20 Å². The van der Waals surface area contributed by atoms with Gasteiger partial charge in [0, 0.05) is 6.42 Å². The molecule has 0 spiro atoms. The van der Waals surface area contributed by atoms with Crippen LogP contribution >= 0.6 is 0 Å². The Morgan fingerprint density at radius 2 is 2.40 bits per heavy atom. The minimum absolute atomic E-state index is 0.423. The summed E-state index contributed by atoms with van der Waals surface area (Å²) in [6.45, 7) is 2.12. The lowest BCUT2D eigenvalue weighted by atomic mass is 10.2. The van der Waals surface area contributed by atoms with E-state index in [9.17, 15) is 0 Å². The molecule has 6 nitrogen and oxygen atoms in total. The Morgan fingerprint density at radius 1 is 1.53 bits per heavy atom. The number of nitrogens with zero attached hydrogens (tertiary/aromatic N) is 3. The van der Waals surface area contributed by atoms with E-state index in [0.29, 0.717) is 23.1 Å². The van der Waals surface area contributed by atoms with E-state index in [-0.39, 0.29) is 0 Å². The number of rotatable bonds is 4. The SMILES string of the molecule is CCCCc1noc(-c2cn[nH]c2N)n1. The highest BCUT2D eigenvalue weighted by atomic mass is 16.5. The van der Waals surface area contributed by atoms with E-state index in [1.54, 1.807) is 6.20 Å². The Morgan fingerprint density at radius 3 is 3.07 bits per heavy atom. The molecule has 0 aliphatic rings. The van der Waals surface area contributed by atoms with Crippen molar-refractivity contribution in [3.05, 3.63) is 12.0 Å². The molecule has 0 saturated carbocycles. The van der Waals surface area contributed by atoms with Gasteiger partial charge in [0.1, 0.15) is 11.4 Å². The first kappa shape index (κ1) is 9.70. The summed E-state index contributed by atoms with van der Waals surface area (Å²) in [6.07, 6.45) is 4.57. The molecule has 0 fully saturated rings. The van der Waals surface area contributed by atoms with Gasteiger partial charge < -0.3 is 10.3 Å². The first-order chi connectivity index (χ1) is 7.31. The monoisotopic (exact) mass is 207 g/mol. The lowest BCUT2D eigenvalue weighted by Gasteiger charge is -1.89. The average Bonchev–Trinajstić information content (AvgIpc) is 2.83. The van der Waals surface area contributed by atoms with Gasteiger partial charge in [0.2, 0.25) is 0 Å². The van der Waals surface area contributed by atoms with Crippen molar-refractivity contribution in [3.8, 4) is 11.5 Å². The minimum Gasteiger partial charge on any atom is -0.383 e. The Balaban J connectivity index is 2.17. The molecule has 0 radical (unpaired) electrons. The lowest BCUT2D eigenvalue weighted by molar-refractivity contribution is 0.421. The number of nitrogens with two attached hydrogens (primary N) is 1. The molecule has 2 heterocycles. The second-order valence-corrected chi connectivity index (χ2v) is 3.32. The van der Waals surface area contributed by atoms with Gasteiger partial charge in [-0.1, -0.05) is 18.5 Å². The summed E-state index contributed by atoms with van der Waals surface area (Å²) < 4.78 is 5.09. The predicted octanol–water partition coefficient (Wildman–Crippen LogP) is 1.38. The summed E-state index contributed by atoms with van der Waals surface area (Å²) in [5.41, 5.74) is 6.29. The number of anilines is 1. The highest BCUT2D eigenvalue weighted by molar-refractivity contribution is 5.65. The van der Waals surface area contributed by atoms with Crippen LogP contribution in [0.4, 0.5) is 5.82 Å². The van der Waals surface area contributed by atoms with Crippen LogP contribution in [0.1, 0.15) is 25.6 Å². The number of nitrogen functional groups attached to an aromatic ring is 1. The van der Waals surface area contributed by atoms with Gasteiger partial charge in [-0.05, 0) is 6.42 Å². The molecule has 0 aliphatic heterocycles. The van der Waals surface area contributed by atoms with Gasteiger partial charge in [0.25, 0.3) is 5.89 Å². The number of nitrogens with one attached hydrogen (secondary N) is 1. The van der Waals surface area contributed by atoms with Gasteiger partial charge in [-0.3, -0.25) is 5.10 Å². The maximum absolute atomic E-state index is 5.64. The van der Waals surface area contributed by atoms with E-state index in [0.717, 1.165) is 19.3 Å². The van der Waals surface area contributed by atoms with Crippen LogP contribution in [0.3, 0.4) is 0 Å². The largest absolute Gasteiger partial charge is 0.383 e. The number of H-pyrrole nitrogens is 1. The predicted molar refractivity (Wildman–Crippen MR) is 54.9 cm³/mol. The quantitative estimate of drug-likeness (QED) is 0.789. The molecule has 0 amide bonds. The molecular formula is C9H13N5O. The Kier molecular flexibility index (Phi) is 2.66. The average molecular weight is 207 g/mol. The van der Waals surface area contributed by atoms with Crippen LogP contribution in [0.25, 0.3) is 11.5 Å². The van der Waals surface area contributed by atoms with Crippen LogP contribution < -0.4 is 5.73 Å². The van der Waals surface area contributed by atoms with Crippen molar-refractivity contribution in [2.45, 2.75) is 26.2 Å². The number of unbranched alkanes of at least 4 members (excludes halogenated alkanes) is 1.